The van der Waals surface area contributed by atoms with Gasteiger partial charge in [0.05, 0.1) is 5.92 Å². The lowest BCUT2D eigenvalue weighted by Crippen LogP contribution is -2.59. The van der Waals surface area contributed by atoms with Gasteiger partial charge in [0, 0.05) is 18.1 Å². The van der Waals surface area contributed by atoms with Crippen LogP contribution in [-0.2, 0) is 4.79 Å². The maximum atomic E-state index is 12.1. The van der Waals surface area contributed by atoms with Crippen molar-refractivity contribution in [1.29, 1.82) is 0 Å². The highest BCUT2D eigenvalue weighted by Gasteiger charge is 2.42. The summed E-state index contributed by atoms with van der Waals surface area (Å²) in [5.74, 6) is 0.510. The van der Waals surface area contributed by atoms with Crippen LogP contribution < -0.4 is 16.0 Å². The molecule has 1 saturated carbocycles. The summed E-state index contributed by atoms with van der Waals surface area (Å²) in [4.78, 5) is 12.1. The molecule has 0 aromatic heterocycles. The Bertz CT molecular complexity index is 299. The molecule has 2 unspecified atom stereocenters. The van der Waals surface area contributed by atoms with Gasteiger partial charge in [0.1, 0.15) is 0 Å². The molecular weight excluding hydrogens is 214 g/mol. The number of hydrogen-bond acceptors (Lipinski definition) is 3. The Kier molecular flexibility index (Phi) is 3.09. The Morgan fingerprint density at radius 2 is 1.88 bits per heavy atom. The largest absolute Gasteiger partial charge is 0.354 e. The SMILES string of the molecule is O=C1NCC2(CCNCC2)NC2CCCCC12. The molecule has 17 heavy (non-hydrogen) atoms. The fourth-order valence-electron chi connectivity index (χ4n) is 3.68. The highest BCUT2D eigenvalue weighted by atomic mass is 16.2. The predicted molar refractivity (Wildman–Crippen MR) is 66.7 cm³/mol. The van der Waals surface area contributed by atoms with Crippen molar-refractivity contribution in [3.63, 3.8) is 0 Å². The third-order valence-electron chi connectivity index (χ3n) is 4.76. The lowest BCUT2D eigenvalue weighted by molar-refractivity contribution is -0.126. The summed E-state index contributed by atoms with van der Waals surface area (Å²) in [6.45, 7) is 2.96. The van der Waals surface area contributed by atoms with Crippen molar-refractivity contribution in [2.75, 3.05) is 19.6 Å². The number of carbonyl (C=O) groups is 1. The van der Waals surface area contributed by atoms with Gasteiger partial charge in [-0.15, -0.1) is 0 Å². The molecular formula is C13H23N3O. The molecule has 1 aliphatic carbocycles. The predicted octanol–water partition coefficient (Wildman–Crippen LogP) is 0.387. The van der Waals surface area contributed by atoms with Crippen molar-refractivity contribution in [3.05, 3.63) is 0 Å². The quantitative estimate of drug-likeness (QED) is 0.571. The summed E-state index contributed by atoms with van der Waals surface area (Å²) < 4.78 is 0. The van der Waals surface area contributed by atoms with Crippen molar-refractivity contribution in [3.8, 4) is 0 Å². The third kappa shape index (κ3) is 2.20. The van der Waals surface area contributed by atoms with Gasteiger partial charge in [0.15, 0.2) is 0 Å². The van der Waals surface area contributed by atoms with E-state index in [0.29, 0.717) is 6.04 Å². The average molecular weight is 237 g/mol. The van der Waals surface area contributed by atoms with Crippen LogP contribution in [0.3, 0.4) is 0 Å². The number of rotatable bonds is 0. The minimum atomic E-state index is 0.164. The van der Waals surface area contributed by atoms with E-state index in [1.54, 1.807) is 0 Å². The first-order valence-corrected chi connectivity index (χ1v) is 7.05. The molecule has 2 atom stereocenters. The first kappa shape index (κ1) is 11.5. The van der Waals surface area contributed by atoms with Gasteiger partial charge < -0.3 is 16.0 Å². The number of carbonyl (C=O) groups excluding carboxylic acids is 1. The average Bonchev–Trinajstić information content (AvgIpc) is 2.50. The van der Waals surface area contributed by atoms with Crippen LogP contribution >= 0.6 is 0 Å². The molecule has 4 heteroatoms. The molecule has 96 valence electrons. The minimum Gasteiger partial charge on any atom is -0.354 e. The Balaban J connectivity index is 1.78. The van der Waals surface area contributed by atoms with Crippen LogP contribution in [0, 0.1) is 5.92 Å². The zero-order chi connectivity index (χ0) is 11.7. The van der Waals surface area contributed by atoms with Gasteiger partial charge in [-0.05, 0) is 38.8 Å². The lowest BCUT2D eigenvalue weighted by Gasteiger charge is -2.41. The fraction of sp³-hybridized carbons (Fsp3) is 0.923. The van der Waals surface area contributed by atoms with Crippen LogP contribution in [0.4, 0.5) is 0 Å². The smallest absolute Gasteiger partial charge is 0.224 e. The van der Waals surface area contributed by atoms with E-state index in [1.807, 2.05) is 0 Å². The molecule has 1 spiro atoms. The van der Waals surface area contributed by atoms with Gasteiger partial charge in [0.2, 0.25) is 5.91 Å². The first-order chi connectivity index (χ1) is 8.29. The van der Waals surface area contributed by atoms with E-state index in [4.69, 9.17) is 0 Å². The zero-order valence-electron chi connectivity index (χ0n) is 10.4. The molecule has 3 aliphatic rings. The molecule has 3 N–H and O–H groups in total. The van der Waals surface area contributed by atoms with E-state index in [-0.39, 0.29) is 17.4 Å². The summed E-state index contributed by atoms with van der Waals surface area (Å²) >= 11 is 0. The third-order valence-corrected chi connectivity index (χ3v) is 4.76. The molecule has 3 rings (SSSR count). The van der Waals surface area contributed by atoms with Gasteiger partial charge in [-0.1, -0.05) is 12.8 Å². The molecule has 2 saturated heterocycles. The summed E-state index contributed by atoms with van der Waals surface area (Å²) in [6.07, 6.45) is 7.00. The van der Waals surface area contributed by atoms with Crippen LogP contribution in [0.1, 0.15) is 38.5 Å². The number of amides is 1. The molecule has 1 amide bonds. The topological polar surface area (TPSA) is 53.2 Å². The van der Waals surface area contributed by atoms with Crippen LogP contribution in [0.25, 0.3) is 0 Å². The lowest BCUT2D eigenvalue weighted by atomic mass is 9.81. The molecule has 3 fully saturated rings. The second-order valence-electron chi connectivity index (χ2n) is 5.89. The highest BCUT2D eigenvalue weighted by molar-refractivity contribution is 5.80. The number of piperidine rings is 1. The highest BCUT2D eigenvalue weighted by Crippen LogP contribution is 2.30. The second kappa shape index (κ2) is 4.58. The van der Waals surface area contributed by atoms with Gasteiger partial charge in [-0.3, -0.25) is 4.79 Å². The summed E-state index contributed by atoms with van der Waals surface area (Å²) in [5.41, 5.74) is 0.164. The van der Waals surface area contributed by atoms with E-state index < -0.39 is 0 Å². The Morgan fingerprint density at radius 1 is 1.12 bits per heavy atom. The van der Waals surface area contributed by atoms with E-state index in [2.05, 4.69) is 16.0 Å². The monoisotopic (exact) mass is 237 g/mol. The van der Waals surface area contributed by atoms with E-state index >= 15 is 0 Å². The van der Waals surface area contributed by atoms with E-state index in [9.17, 15) is 4.79 Å². The Labute approximate surface area is 103 Å². The molecule has 2 aliphatic heterocycles. The molecule has 0 aromatic carbocycles. The fourth-order valence-corrected chi connectivity index (χ4v) is 3.68. The van der Waals surface area contributed by atoms with Crippen molar-refractivity contribution < 1.29 is 4.79 Å². The van der Waals surface area contributed by atoms with Gasteiger partial charge in [-0.25, -0.2) is 0 Å². The summed E-state index contributed by atoms with van der Waals surface area (Å²) in [6, 6.07) is 0.421. The van der Waals surface area contributed by atoms with Gasteiger partial charge in [-0.2, -0.15) is 0 Å². The standard InChI is InChI=1S/C13H23N3O/c17-12-10-3-1-2-4-11(10)16-13(9-15-12)5-7-14-8-6-13/h10-11,14,16H,1-9H2,(H,15,17). The van der Waals surface area contributed by atoms with Gasteiger partial charge >= 0.3 is 0 Å². The maximum absolute atomic E-state index is 12.1. The Hall–Kier alpha value is -0.610. The number of nitrogens with one attached hydrogen (secondary N) is 3. The van der Waals surface area contributed by atoms with Crippen molar-refractivity contribution in [1.82, 2.24) is 16.0 Å². The van der Waals surface area contributed by atoms with E-state index in [0.717, 1.165) is 38.9 Å². The van der Waals surface area contributed by atoms with Crippen LogP contribution in [-0.4, -0.2) is 37.1 Å². The first-order valence-electron chi connectivity index (χ1n) is 7.05. The molecule has 0 radical (unpaired) electrons. The summed E-state index contributed by atoms with van der Waals surface area (Å²) in [5, 5.41) is 10.4. The van der Waals surface area contributed by atoms with E-state index in [1.165, 1.54) is 19.3 Å². The molecule has 2 heterocycles. The normalized spacial score (nSPS) is 37.1. The van der Waals surface area contributed by atoms with Gasteiger partial charge in [0.25, 0.3) is 0 Å². The number of fused-ring (bicyclic) bond motifs is 1. The second-order valence-corrected chi connectivity index (χ2v) is 5.89. The molecule has 0 bridgehead atoms. The van der Waals surface area contributed by atoms with Crippen molar-refractivity contribution >= 4 is 5.91 Å². The van der Waals surface area contributed by atoms with Crippen molar-refractivity contribution in [2.24, 2.45) is 5.92 Å². The maximum Gasteiger partial charge on any atom is 0.224 e. The van der Waals surface area contributed by atoms with Crippen LogP contribution in [0.2, 0.25) is 0 Å². The summed E-state index contributed by atoms with van der Waals surface area (Å²) in [7, 11) is 0. The Morgan fingerprint density at radius 3 is 2.71 bits per heavy atom. The zero-order valence-corrected chi connectivity index (χ0v) is 10.4. The number of hydrogen-bond donors (Lipinski definition) is 3. The minimum absolute atomic E-state index is 0.164. The van der Waals surface area contributed by atoms with Crippen LogP contribution in [0.5, 0.6) is 0 Å². The van der Waals surface area contributed by atoms with Crippen molar-refractivity contribution in [2.45, 2.75) is 50.1 Å². The molecule has 4 nitrogen and oxygen atoms in total. The molecule has 0 aromatic rings. The van der Waals surface area contributed by atoms with Crippen LogP contribution in [0.15, 0.2) is 0 Å².